The third-order valence-electron chi connectivity index (χ3n) is 4.03. The molecule has 0 unspecified atom stereocenters. The standard InChI is InChI=1S/C14H19NO4S/c1-2-19-14-8-15(13-10-18-9-12(13)14)20(16,17)11-6-4-3-5-7-11/h3-7,12-14H,2,8-10H2,1H3/t12-,13+,14+/m1/s1. The van der Waals surface area contributed by atoms with Gasteiger partial charge < -0.3 is 9.47 Å². The Balaban J connectivity index is 1.90. The Morgan fingerprint density at radius 3 is 2.75 bits per heavy atom. The molecule has 0 N–H and O–H groups in total. The molecule has 0 aromatic heterocycles. The summed E-state index contributed by atoms with van der Waals surface area (Å²) in [4.78, 5) is 0.336. The maximum absolute atomic E-state index is 12.7. The largest absolute Gasteiger partial charge is 0.379 e. The van der Waals surface area contributed by atoms with Crippen molar-refractivity contribution >= 4 is 10.0 Å². The van der Waals surface area contributed by atoms with Crippen LogP contribution in [0.25, 0.3) is 0 Å². The second kappa shape index (κ2) is 5.44. The normalized spacial score (nSPS) is 30.6. The van der Waals surface area contributed by atoms with Gasteiger partial charge in [0.2, 0.25) is 10.0 Å². The average molecular weight is 297 g/mol. The minimum Gasteiger partial charge on any atom is -0.379 e. The van der Waals surface area contributed by atoms with E-state index < -0.39 is 10.0 Å². The number of benzene rings is 1. The minimum absolute atomic E-state index is 0.0639. The molecule has 1 aromatic carbocycles. The van der Waals surface area contributed by atoms with E-state index in [1.54, 1.807) is 28.6 Å². The maximum atomic E-state index is 12.7. The molecular weight excluding hydrogens is 278 g/mol. The predicted octanol–water partition coefficient (Wildman–Crippen LogP) is 1.11. The Labute approximate surface area is 119 Å². The van der Waals surface area contributed by atoms with Gasteiger partial charge in [-0.15, -0.1) is 0 Å². The molecule has 0 amide bonds. The molecule has 5 nitrogen and oxygen atoms in total. The molecular formula is C14H19NO4S. The number of sulfonamides is 1. The molecule has 20 heavy (non-hydrogen) atoms. The molecule has 6 heteroatoms. The number of fused-ring (bicyclic) bond motifs is 1. The quantitative estimate of drug-likeness (QED) is 0.835. The first-order valence-electron chi connectivity index (χ1n) is 6.91. The van der Waals surface area contributed by atoms with E-state index in [0.717, 1.165) is 0 Å². The zero-order valence-electron chi connectivity index (χ0n) is 11.4. The number of nitrogens with zero attached hydrogens (tertiary/aromatic N) is 1. The Bertz CT molecular complexity index is 560. The molecule has 0 saturated carbocycles. The van der Waals surface area contributed by atoms with Crippen molar-refractivity contribution in [1.29, 1.82) is 0 Å². The van der Waals surface area contributed by atoms with Crippen molar-refractivity contribution in [1.82, 2.24) is 4.31 Å². The first-order chi connectivity index (χ1) is 9.64. The fraction of sp³-hybridized carbons (Fsp3) is 0.571. The van der Waals surface area contributed by atoms with Crippen LogP contribution in [0.1, 0.15) is 6.92 Å². The summed E-state index contributed by atoms with van der Waals surface area (Å²) in [6.07, 6.45) is -0.0639. The highest BCUT2D eigenvalue weighted by Gasteiger charge is 2.50. The summed E-state index contributed by atoms with van der Waals surface area (Å²) in [5, 5.41) is 0. The number of rotatable bonds is 4. The van der Waals surface area contributed by atoms with Crippen LogP contribution in [0.4, 0.5) is 0 Å². The number of ether oxygens (including phenoxy) is 2. The van der Waals surface area contributed by atoms with Gasteiger partial charge in [-0.3, -0.25) is 0 Å². The maximum Gasteiger partial charge on any atom is 0.243 e. The molecule has 2 heterocycles. The van der Waals surface area contributed by atoms with Crippen LogP contribution in [0.15, 0.2) is 35.2 Å². The lowest BCUT2D eigenvalue weighted by Gasteiger charge is -2.21. The van der Waals surface area contributed by atoms with Crippen molar-refractivity contribution in [2.45, 2.75) is 24.0 Å². The van der Waals surface area contributed by atoms with Crippen LogP contribution in [0.2, 0.25) is 0 Å². The second-order valence-electron chi connectivity index (χ2n) is 5.15. The van der Waals surface area contributed by atoms with Crippen molar-refractivity contribution in [3.8, 4) is 0 Å². The van der Waals surface area contributed by atoms with Gasteiger partial charge in [0.15, 0.2) is 0 Å². The molecule has 0 aliphatic carbocycles. The Morgan fingerprint density at radius 2 is 2.05 bits per heavy atom. The molecule has 0 radical (unpaired) electrons. The summed E-state index contributed by atoms with van der Waals surface area (Å²) >= 11 is 0. The van der Waals surface area contributed by atoms with E-state index in [-0.39, 0.29) is 18.1 Å². The molecule has 110 valence electrons. The van der Waals surface area contributed by atoms with E-state index >= 15 is 0 Å². The third-order valence-corrected chi connectivity index (χ3v) is 5.94. The van der Waals surface area contributed by atoms with Crippen LogP contribution >= 0.6 is 0 Å². The Morgan fingerprint density at radius 1 is 1.30 bits per heavy atom. The smallest absolute Gasteiger partial charge is 0.243 e. The van der Waals surface area contributed by atoms with Gasteiger partial charge in [0.05, 0.1) is 30.3 Å². The van der Waals surface area contributed by atoms with Crippen molar-refractivity contribution in [2.24, 2.45) is 5.92 Å². The van der Waals surface area contributed by atoms with Crippen LogP contribution < -0.4 is 0 Å². The lowest BCUT2D eigenvalue weighted by atomic mass is 10.0. The van der Waals surface area contributed by atoms with Crippen LogP contribution in [-0.2, 0) is 19.5 Å². The monoisotopic (exact) mass is 297 g/mol. The molecule has 3 atom stereocenters. The molecule has 0 bridgehead atoms. The van der Waals surface area contributed by atoms with E-state index in [4.69, 9.17) is 9.47 Å². The van der Waals surface area contributed by atoms with E-state index in [1.807, 2.05) is 13.0 Å². The zero-order valence-corrected chi connectivity index (χ0v) is 12.3. The Hall–Kier alpha value is -0.950. The third kappa shape index (κ3) is 2.26. The van der Waals surface area contributed by atoms with Gasteiger partial charge in [-0.05, 0) is 19.1 Å². The minimum atomic E-state index is -3.47. The van der Waals surface area contributed by atoms with Gasteiger partial charge in [-0.1, -0.05) is 18.2 Å². The highest BCUT2D eigenvalue weighted by molar-refractivity contribution is 7.89. The molecule has 2 aliphatic heterocycles. The first-order valence-corrected chi connectivity index (χ1v) is 8.35. The molecule has 3 rings (SSSR count). The van der Waals surface area contributed by atoms with Gasteiger partial charge >= 0.3 is 0 Å². The summed E-state index contributed by atoms with van der Waals surface area (Å²) in [6.45, 7) is 3.98. The van der Waals surface area contributed by atoms with Gasteiger partial charge in [0, 0.05) is 19.1 Å². The van der Waals surface area contributed by atoms with Gasteiger partial charge in [-0.25, -0.2) is 8.42 Å². The van der Waals surface area contributed by atoms with Crippen LogP contribution in [0.5, 0.6) is 0 Å². The number of hydrogen-bond donors (Lipinski definition) is 0. The summed E-state index contributed by atoms with van der Waals surface area (Å²) < 4.78 is 38.2. The van der Waals surface area contributed by atoms with Gasteiger partial charge in [-0.2, -0.15) is 4.31 Å². The van der Waals surface area contributed by atoms with Crippen molar-refractivity contribution < 1.29 is 17.9 Å². The van der Waals surface area contributed by atoms with Crippen molar-refractivity contribution in [3.05, 3.63) is 30.3 Å². The fourth-order valence-electron chi connectivity index (χ4n) is 3.05. The second-order valence-corrected chi connectivity index (χ2v) is 7.04. The Kier molecular flexibility index (Phi) is 3.81. The van der Waals surface area contributed by atoms with Crippen molar-refractivity contribution in [3.63, 3.8) is 0 Å². The van der Waals surface area contributed by atoms with E-state index in [9.17, 15) is 8.42 Å². The highest BCUT2D eigenvalue weighted by atomic mass is 32.2. The van der Waals surface area contributed by atoms with Gasteiger partial charge in [0.1, 0.15) is 0 Å². The summed E-state index contributed by atoms with van der Waals surface area (Å²) in [7, 11) is -3.47. The zero-order chi connectivity index (χ0) is 14.2. The van der Waals surface area contributed by atoms with Crippen LogP contribution in [-0.4, -0.2) is 51.2 Å². The van der Waals surface area contributed by atoms with E-state index in [1.165, 1.54) is 0 Å². The van der Waals surface area contributed by atoms with Crippen molar-refractivity contribution in [2.75, 3.05) is 26.4 Å². The van der Waals surface area contributed by atoms with E-state index in [0.29, 0.717) is 31.3 Å². The average Bonchev–Trinajstić information content (AvgIpc) is 3.04. The van der Waals surface area contributed by atoms with Gasteiger partial charge in [0.25, 0.3) is 0 Å². The molecule has 0 spiro atoms. The number of hydrogen-bond acceptors (Lipinski definition) is 4. The summed E-state index contributed by atoms with van der Waals surface area (Å²) in [5.41, 5.74) is 0. The van der Waals surface area contributed by atoms with Crippen LogP contribution in [0.3, 0.4) is 0 Å². The van der Waals surface area contributed by atoms with E-state index in [2.05, 4.69) is 0 Å². The fourth-order valence-corrected chi connectivity index (χ4v) is 4.74. The summed E-state index contributed by atoms with van der Waals surface area (Å²) in [6, 6.07) is 8.46. The molecule has 2 saturated heterocycles. The molecule has 2 aliphatic rings. The lowest BCUT2D eigenvalue weighted by molar-refractivity contribution is 0.0308. The SMILES string of the molecule is CCO[C@H]1CN(S(=O)(=O)c2ccccc2)[C@H]2COC[C@@H]12. The lowest BCUT2D eigenvalue weighted by Crippen LogP contribution is -2.38. The molecule has 1 aromatic rings. The molecule has 2 fully saturated rings. The van der Waals surface area contributed by atoms with Crippen LogP contribution in [0, 0.1) is 5.92 Å². The highest BCUT2D eigenvalue weighted by Crippen LogP contribution is 2.35. The summed E-state index contributed by atoms with van der Waals surface area (Å²) in [5.74, 6) is 0.147. The topological polar surface area (TPSA) is 55.8 Å². The first kappa shape index (κ1) is 14.0. The predicted molar refractivity (Wildman–Crippen MR) is 73.8 cm³/mol.